The van der Waals surface area contributed by atoms with Crippen LogP contribution in [0, 0.1) is 12.8 Å². The maximum absolute atomic E-state index is 13.2. The highest BCUT2D eigenvalue weighted by molar-refractivity contribution is 5.85. The first-order valence-corrected chi connectivity index (χ1v) is 9.19. The van der Waals surface area contributed by atoms with Crippen molar-refractivity contribution in [1.82, 2.24) is 29.8 Å². The van der Waals surface area contributed by atoms with Crippen molar-refractivity contribution in [3.63, 3.8) is 0 Å². The smallest absolute Gasteiger partial charge is 0.227 e. The van der Waals surface area contributed by atoms with Gasteiger partial charge in [0.25, 0.3) is 0 Å². The third-order valence-electron chi connectivity index (χ3n) is 5.29. The number of carbonyl (C=O) groups excluding carboxylic acids is 1. The Morgan fingerprint density at radius 3 is 2.75 bits per heavy atom. The summed E-state index contributed by atoms with van der Waals surface area (Å²) < 4.78 is 9.56. The Balaban J connectivity index is 0.00000140. The molecule has 4 rings (SSSR count). The Morgan fingerprint density at radius 2 is 2.07 bits per heavy atom. The van der Waals surface area contributed by atoms with Gasteiger partial charge in [-0.1, -0.05) is 0 Å². The molecular formula is C18H28Cl2N6O2. The third-order valence-corrected chi connectivity index (χ3v) is 5.29. The van der Waals surface area contributed by atoms with Crippen molar-refractivity contribution < 1.29 is 9.53 Å². The highest BCUT2D eigenvalue weighted by Gasteiger charge is 2.38. The number of carbonyl (C=O) groups is 1. The average Bonchev–Trinajstić information content (AvgIpc) is 3.35. The molecule has 1 amide bonds. The van der Waals surface area contributed by atoms with Crippen molar-refractivity contribution >= 4 is 30.7 Å². The Morgan fingerprint density at radius 1 is 1.25 bits per heavy atom. The summed E-state index contributed by atoms with van der Waals surface area (Å²) in [6.07, 6.45) is 7.72. The van der Waals surface area contributed by atoms with Crippen LogP contribution in [0.25, 0.3) is 0 Å². The number of ether oxygens (including phenoxy) is 1. The van der Waals surface area contributed by atoms with Crippen LogP contribution in [0.4, 0.5) is 0 Å². The molecule has 0 spiro atoms. The topological polar surface area (TPSA) is 77.2 Å². The first-order chi connectivity index (χ1) is 12.6. The first kappa shape index (κ1) is 22.7. The summed E-state index contributed by atoms with van der Waals surface area (Å²) in [5.74, 6) is 0.366. The largest absolute Gasteiger partial charge is 0.373 e. The van der Waals surface area contributed by atoms with Gasteiger partial charge < -0.3 is 15.0 Å². The molecule has 2 aromatic heterocycles. The Kier molecular flexibility index (Phi) is 7.88. The van der Waals surface area contributed by atoms with E-state index in [1.54, 1.807) is 4.68 Å². The molecule has 3 atom stereocenters. The lowest BCUT2D eigenvalue weighted by Crippen LogP contribution is -2.49. The van der Waals surface area contributed by atoms with Crippen LogP contribution in [0.2, 0.25) is 0 Å². The zero-order valence-corrected chi connectivity index (χ0v) is 17.8. The van der Waals surface area contributed by atoms with Gasteiger partial charge in [-0.05, 0) is 18.1 Å². The van der Waals surface area contributed by atoms with Crippen molar-refractivity contribution in [2.45, 2.75) is 25.5 Å². The molecule has 1 unspecified atom stereocenters. The molecule has 0 saturated carbocycles. The third kappa shape index (κ3) is 4.86. The number of hydrogen-bond donors (Lipinski definition) is 1. The van der Waals surface area contributed by atoms with Crippen LogP contribution in [-0.4, -0.2) is 69.3 Å². The molecule has 2 aromatic rings. The molecule has 4 heterocycles. The predicted octanol–water partition coefficient (Wildman–Crippen LogP) is 0.999. The van der Waals surface area contributed by atoms with Gasteiger partial charge in [-0.25, -0.2) is 0 Å². The Labute approximate surface area is 177 Å². The van der Waals surface area contributed by atoms with Gasteiger partial charge in [0, 0.05) is 51.5 Å². The molecule has 0 bridgehead atoms. The van der Waals surface area contributed by atoms with Crippen molar-refractivity contribution in [2.75, 3.05) is 32.8 Å². The molecular weight excluding hydrogens is 403 g/mol. The molecule has 2 aliphatic heterocycles. The normalized spacial score (nSPS) is 24.5. The second-order valence-electron chi connectivity index (χ2n) is 7.34. The number of nitrogens with zero attached hydrogens (tertiary/aromatic N) is 5. The summed E-state index contributed by atoms with van der Waals surface area (Å²) in [6.45, 7) is 6.09. The molecule has 2 fully saturated rings. The lowest BCUT2D eigenvalue weighted by Gasteiger charge is -2.35. The van der Waals surface area contributed by atoms with E-state index in [4.69, 9.17) is 4.74 Å². The van der Waals surface area contributed by atoms with Crippen molar-refractivity contribution in [3.05, 3.63) is 35.9 Å². The van der Waals surface area contributed by atoms with E-state index in [9.17, 15) is 4.79 Å². The number of aromatic nitrogens is 4. The maximum atomic E-state index is 13.2. The Bertz CT molecular complexity index is 780. The highest BCUT2D eigenvalue weighted by atomic mass is 35.5. The molecule has 2 saturated heterocycles. The van der Waals surface area contributed by atoms with E-state index < -0.39 is 0 Å². The zero-order chi connectivity index (χ0) is 18.1. The van der Waals surface area contributed by atoms with Crippen molar-refractivity contribution in [1.29, 1.82) is 0 Å². The number of aryl methyl sites for hydroxylation is 2. The molecule has 1 N–H and O–H groups in total. The minimum Gasteiger partial charge on any atom is -0.373 e. The fourth-order valence-electron chi connectivity index (χ4n) is 3.96. The second-order valence-corrected chi connectivity index (χ2v) is 7.34. The summed E-state index contributed by atoms with van der Waals surface area (Å²) in [6, 6.07) is 0. The van der Waals surface area contributed by atoms with Crippen LogP contribution in [0.15, 0.2) is 24.8 Å². The number of amides is 1. The zero-order valence-electron chi connectivity index (χ0n) is 16.2. The van der Waals surface area contributed by atoms with Gasteiger partial charge in [0.1, 0.15) is 0 Å². The minimum absolute atomic E-state index is 0. The average molecular weight is 431 g/mol. The Hall–Kier alpha value is -1.61. The fourth-order valence-corrected chi connectivity index (χ4v) is 3.96. The van der Waals surface area contributed by atoms with Gasteiger partial charge >= 0.3 is 0 Å². The molecule has 0 aromatic carbocycles. The first-order valence-electron chi connectivity index (χ1n) is 9.19. The number of morpholine rings is 1. The van der Waals surface area contributed by atoms with E-state index in [-0.39, 0.29) is 48.7 Å². The molecule has 28 heavy (non-hydrogen) atoms. The van der Waals surface area contributed by atoms with Gasteiger partial charge in [0.15, 0.2) is 0 Å². The predicted molar refractivity (Wildman–Crippen MR) is 110 cm³/mol. The molecule has 156 valence electrons. The van der Waals surface area contributed by atoms with Crippen LogP contribution in [0.5, 0.6) is 0 Å². The molecule has 2 aliphatic rings. The standard InChI is InChI=1S/C18H26N6O2.2ClH/c1-13-5-21-24(9-13)12-15-11-23(3-4-26-15)18(25)17-8-19-7-16(17)14-6-20-22(2)10-14;;/h5-6,9-10,15-17,19H,3-4,7-8,11-12H2,1-2H3;2*1H/t15?,16-,17+;;/m1../s1. The maximum Gasteiger partial charge on any atom is 0.227 e. The molecule has 10 heteroatoms. The van der Waals surface area contributed by atoms with Crippen LogP contribution in [0.3, 0.4) is 0 Å². The van der Waals surface area contributed by atoms with Crippen LogP contribution < -0.4 is 5.32 Å². The lowest BCUT2D eigenvalue weighted by molar-refractivity contribution is -0.143. The van der Waals surface area contributed by atoms with E-state index in [1.165, 1.54) is 0 Å². The van der Waals surface area contributed by atoms with Gasteiger partial charge in [0.05, 0.1) is 37.6 Å². The van der Waals surface area contributed by atoms with Crippen LogP contribution >= 0.6 is 24.8 Å². The van der Waals surface area contributed by atoms with Gasteiger partial charge in [0.2, 0.25) is 5.91 Å². The fraction of sp³-hybridized carbons (Fsp3) is 0.611. The summed E-state index contributed by atoms with van der Waals surface area (Å²) in [5.41, 5.74) is 2.26. The van der Waals surface area contributed by atoms with E-state index in [2.05, 4.69) is 15.5 Å². The van der Waals surface area contributed by atoms with Gasteiger partial charge in [-0.3, -0.25) is 14.2 Å². The SMILES string of the molecule is Cc1cnn(CC2CN(C(=O)[C@H]3CNC[C@@H]3c3cnn(C)c3)CCO2)c1.Cl.Cl. The summed E-state index contributed by atoms with van der Waals surface area (Å²) in [4.78, 5) is 15.1. The summed E-state index contributed by atoms with van der Waals surface area (Å²) >= 11 is 0. The molecule has 8 nitrogen and oxygen atoms in total. The van der Waals surface area contributed by atoms with E-state index in [0.717, 1.165) is 24.2 Å². The van der Waals surface area contributed by atoms with E-state index in [0.29, 0.717) is 26.2 Å². The van der Waals surface area contributed by atoms with Crippen molar-refractivity contribution in [3.8, 4) is 0 Å². The highest BCUT2D eigenvalue weighted by Crippen LogP contribution is 2.29. The molecule has 0 aliphatic carbocycles. The van der Waals surface area contributed by atoms with Crippen LogP contribution in [0.1, 0.15) is 17.0 Å². The second kappa shape index (κ2) is 9.73. The number of nitrogens with one attached hydrogen (secondary N) is 1. The summed E-state index contributed by atoms with van der Waals surface area (Å²) in [5, 5.41) is 12.0. The van der Waals surface area contributed by atoms with Gasteiger partial charge in [-0.15, -0.1) is 24.8 Å². The monoisotopic (exact) mass is 430 g/mol. The van der Waals surface area contributed by atoms with E-state index in [1.807, 2.05) is 48.3 Å². The summed E-state index contributed by atoms with van der Waals surface area (Å²) in [7, 11) is 1.91. The number of hydrogen-bond acceptors (Lipinski definition) is 5. The number of halogens is 2. The number of rotatable bonds is 4. The van der Waals surface area contributed by atoms with E-state index >= 15 is 0 Å². The lowest BCUT2D eigenvalue weighted by atomic mass is 9.89. The minimum atomic E-state index is -0.0371. The van der Waals surface area contributed by atoms with Crippen LogP contribution in [-0.2, 0) is 23.1 Å². The van der Waals surface area contributed by atoms with Gasteiger partial charge in [-0.2, -0.15) is 10.2 Å². The van der Waals surface area contributed by atoms with Crippen molar-refractivity contribution in [2.24, 2.45) is 13.0 Å². The quantitative estimate of drug-likeness (QED) is 0.782. The molecule has 0 radical (unpaired) electrons.